The molecule has 0 aliphatic carbocycles. The zero-order chi connectivity index (χ0) is 14.8. The molecule has 21 heavy (non-hydrogen) atoms. The van der Waals surface area contributed by atoms with Crippen LogP contribution in [0, 0.1) is 5.92 Å². The first-order valence-electron chi connectivity index (χ1n) is 7.64. The van der Waals surface area contributed by atoms with E-state index >= 15 is 0 Å². The molecular weight excluding hydrogens is 282 g/mol. The Morgan fingerprint density at radius 1 is 1.48 bits per heavy atom. The molecule has 3 heterocycles. The molecule has 2 aromatic heterocycles. The minimum absolute atomic E-state index is 0.357. The molecule has 0 saturated carbocycles. The first-order valence-corrected chi connectivity index (χ1v) is 8.45. The Labute approximate surface area is 129 Å². The van der Waals surface area contributed by atoms with E-state index in [0.717, 1.165) is 35.5 Å². The lowest BCUT2D eigenvalue weighted by atomic mass is 9.98. The average Bonchev–Trinajstić information content (AvgIpc) is 2.87. The fourth-order valence-corrected chi connectivity index (χ4v) is 3.95. The van der Waals surface area contributed by atoms with E-state index < -0.39 is 0 Å². The number of nitrogens with zero attached hydrogens (tertiary/aromatic N) is 3. The molecule has 2 aromatic rings. The molecule has 1 atom stereocenters. The van der Waals surface area contributed by atoms with Gasteiger partial charge in [-0.25, -0.2) is 4.98 Å². The van der Waals surface area contributed by atoms with Gasteiger partial charge in [0.1, 0.15) is 10.6 Å². The van der Waals surface area contributed by atoms with E-state index in [9.17, 15) is 0 Å². The maximum atomic E-state index is 5.84. The summed E-state index contributed by atoms with van der Waals surface area (Å²) >= 11 is 1.71. The molecular formula is C15H23N5S. The number of thiophene rings is 1. The third kappa shape index (κ3) is 3.27. The third-order valence-electron chi connectivity index (χ3n) is 4.09. The van der Waals surface area contributed by atoms with Crippen LogP contribution in [0.4, 0.5) is 11.8 Å². The highest BCUT2D eigenvalue weighted by Gasteiger charge is 2.18. The van der Waals surface area contributed by atoms with Crippen LogP contribution >= 0.6 is 11.3 Å². The summed E-state index contributed by atoms with van der Waals surface area (Å²) in [5, 5.41) is 4.61. The standard InChI is InChI=1S/C15H23N5S/c1-3-11-7-12-13(18-15(16)19-14(12)21-11)17-8-10-5-4-6-20(2)9-10/h7,10H,3-6,8-9H2,1-2H3,(H3,16,17,18,19). The van der Waals surface area contributed by atoms with Gasteiger partial charge in [-0.15, -0.1) is 11.3 Å². The molecule has 1 fully saturated rings. The zero-order valence-corrected chi connectivity index (χ0v) is 13.5. The molecule has 1 aliphatic rings. The molecule has 0 spiro atoms. The second-order valence-corrected chi connectivity index (χ2v) is 6.98. The molecule has 1 unspecified atom stereocenters. The Morgan fingerprint density at radius 3 is 3.10 bits per heavy atom. The summed E-state index contributed by atoms with van der Waals surface area (Å²) in [6.45, 7) is 5.48. The first kappa shape index (κ1) is 14.5. The fraction of sp³-hybridized carbons (Fsp3) is 0.600. The minimum Gasteiger partial charge on any atom is -0.369 e. The van der Waals surface area contributed by atoms with Crippen molar-refractivity contribution < 1.29 is 0 Å². The molecule has 0 radical (unpaired) electrons. The van der Waals surface area contributed by atoms with Gasteiger partial charge in [0.2, 0.25) is 5.95 Å². The molecule has 0 amide bonds. The molecule has 3 rings (SSSR count). The summed E-state index contributed by atoms with van der Waals surface area (Å²) in [6, 6.07) is 2.19. The molecule has 6 heteroatoms. The Balaban J connectivity index is 1.77. The first-order chi connectivity index (χ1) is 10.2. The average molecular weight is 305 g/mol. The van der Waals surface area contributed by atoms with Crippen molar-refractivity contribution in [2.24, 2.45) is 5.92 Å². The fourth-order valence-electron chi connectivity index (χ4n) is 2.98. The van der Waals surface area contributed by atoms with Gasteiger partial charge in [0, 0.05) is 18.0 Å². The number of likely N-dealkylation sites (tertiary alicyclic amines) is 1. The van der Waals surface area contributed by atoms with Gasteiger partial charge in [-0.2, -0.15) is 4.98 Å². The van der Waals surface area contributed by atoms with Crippen molar-refractivity contribution in [2.45, 2.75) is 26.2 Å². The van der Waals surface area contributed by atoms with Gasteiger partial charge in [0.05, 0.1) is 5.39 Å². The van der Waals surface area contributed by atoms with Crippen molar-refractivity contribution >= 4 is 33.3 Å². The topological polar surface area (TPSA) is 67.1 Å². The highest BCUT2D eigenvalue weighted by molar-refractivity contribution is 7.18. The number of rotatable bonds is 4. The lowest BCUT2D eigenvalue weighted by Gasteiger charge is -2.29. The number of anilines is 2. The summed E-state index contributed by atoms with van der Waals surface area (Å²) in [5.74, 6) is 1.93. The summed E-state index contributed by atoms with van der Waals surface area (Å²) in [7, 11) is 2.19. The van der Waals surface area contributed by atoms with Crippen molar-refractivity contribution in [1.29, 1.82) is 0 Å². The maximum absolute atomic E-state index is 5.84. The molecule has 0 bridgehead atoms. The zero-order valence-electron chi connectivity index (χ0n) is 12.7. The lowest BCUT2D eigenvalue weighted by molar-refractivity contribution is 0.217. The number of hydrogen-bond donors (Lipinski definition) is 2. The van der Waals surface area contributed by atoms with Crippen LogP contribution in [0.3, 0.4) is 0 Å². The van der Waals surface area contributed by atoms with Gasteiger partial charge in [-0.05, 0) is 44.8 Å². The third-order valence-corrected chi connectivity index (χ3v) is 5.26. The number of hydrogen-bond acceptors (Lipinski definition) is 6. The Hall–Kier alpha value is -1.40. The Kier molecular flexibility index (Phi) is 4.26. The predicted octanol–water partition coefficient (Wildman–Crippen LogP) is 2.59. The maximum Gasteiger partial charge on any atom is 0.223 e. The van der Waals surface area contributed by atoms with E-state index in [2.05, 4.69) is 40.2 Å². The second kappa shape index (κ2) is 6.15. The summed E-state index contributed by atoms with van der Waals surface area (Å²) in [5.41, 5.74) is 5.84. The smallest absolute Gasteiger partial charge is 0.223 e. The van der Waals surface area contributed by atoms with Crippen LogP contribution in [0.2, 0.25) is 0 Å². The Bertz CT molecular complexity index is 624. The van der Waals surface area contributed by atoms with E-state index in [1.165, 1.54) is 24.3 Å². The molecule has 114 valence electrons. The number of aromatic nitrogens is 2. The number of piperidine rings is 1. The van der Waals surface area contributed by atoms with Crippen molar-refractivity contribution in [3.8, 4) is 0 Å². The van der Waals surface area contributed by atoms with E-state index in [1.807, 2.05) is 0 Å². The van der Waals surface area contributed by atoms with Gasteiger partial charge < -0.3 is 16.0 Å². The van der Waals surface area contributed by atoms with Crippen LogP contribution in [-0.4, -0.2) is 41.5 Å². The molecule has 1 aliphatic heterocycles. The number of fused-ring (bicyclic) bond motifs is 1. The minimum atomic E-state index is 0.357. The number of nitrogens with one attached hydrogen (secondary N) is 1. The summed E-state index contributed by atoms with van der Waals surface area (Å²) < 4.78 is 0. The van der Waals surface area contributed by atoms with Crippen LogP contribution in [-0.2, 0) is 6.42 Å². The monoisotopic (exact) mass is 305 g/mol. The molecule has 0 aromatic carbocycles. The second-order valence-electron chi connectivity index (χ2n) is 5.87. The van der Waals surface area contributed by atoms with Crippen molar-refractivity contribution in [1.82, 2.24) is 14.9 Å². The van der Waals surface area contributed by atoms with Crippen molar-refractivity contribution in [3.05, 3.63) is 10.9 Å². The van der Waals surface area contributed by atoms with Crippen LogP contribution in [0.1, 0.15) is 24.6 Å². The number of nitrogens with two attached hydrogens (primary N) is 1. The van der Waals surface area contributed by atoms with Crippen LogP contribution in [0.25, 0.3) is 10.2 Å². The van der Waals surface area contributed by atoms with Crippen molar-refractivity contribution in [2.75, 3.05) is 37.7 Å². The molecule has 5 nitrogen and oxygen atoms in total. The van der Waals surface area contributed by atoms with Gasteiger partial charge in [0.25, 0.3) is 0 Å². The highest BCUT2D eigenvalue weighted by Crippen LogP contribution is 2.30. The number of aryl methyl sites for hydroxylation is 1. The van der Waals surface area contributed by atoms with E-state index in [0.29, 0.717) is 11.9 Å². The van der Waals surface area contributed by atoms with E-state index in [1.54, 1.807) is 11.3 Å². The number of nitrogen functional groups attached to an aromatic ring is 1. The van der Waals surface area contributed by atoms with Crippen molar-refractivity contribution in [3.63, 3.8) is 0 Å². The Morgan fingerprint density at radius 2 is 2.33 bits per heavy atom. The largest absolute Gasteiger partial charge is 0.369 e. The van der Waals surface area contributed by atoms with Gasteiger partial charge >= 0.3 is 0 Å². The van der Waals surface area contributed by atoms with Gasteiger partial charge in [0.15, 0.2) is 0 Å². The highest BCUT2D eigenvalue weighted by atomic mass is 32.1. The lowest BCUT2D eigenvalue weighted by Crippen LogP contribution is -2.35. The van der Waals surface area contributed by atoms with Crippen LogP contribution < -0.4 is 11.1 Å². The van der Waals surface area contributed by atoms with E-state index in [-0.39, 0.29) is 0 Å². The van der Waals surface area contributed by atoms with Crippen LogP contribution in [0.15, 0.2) is 6.07 Å². The van der Waals surface area contributed by atoms with Crippen LogP contribution in [0.5, 0.6) is 0 Å². The van der Waals surface area contributed by atoms with E-state index in [4.69, 9.17) is 5.73 Å². The van der Waals surface area contributed by atoms with Gasteiger partial charge in [-0.1, -0.05) is 6.92 Å². The summed E-state index contributed by atoms with van der Waals surface area (Å²) in [4.78, 5) is 13.5. The quantitative estimate of drug-likeness (QED) is 0.909. The molecule has 3 N–H and O–H groups in total. The predicted molar refractivity (Wildman–Crippen MR) is 89.9 cm³/mol. The molecule has 1 saturated heterocycles. The summed E-state index contributed by atoms with van der Waals surface area (Å²) in [6.07, 6.45) is 3.58. The normalized spacial score (nSPS) is 20.0. The SMILES string of the molecule is CCc1cc2c(NCC3CCCN(C)C3)nc(N)nc2s1. The van der Waals surface area contributed by atoms with Gasteiger partial charge in [-0.3, -0.25) is 0 Å².